The number of aromatic hydroxyl groups is 2. The molecule has 2 rings (SSSR count). The number of phenolic OH excluding ortho intramolecular Hbond substituents is 2. The van der Waals surface area contributed by atoms with Crippen LogP contribution in [0.1, 0.15) is 167 Å². The Hall–Kier alpha value is -1.17. The van der Waals surface area contributed by atoms with Gasteiger partial charge >= 0.3 is 15.2 Å². The monoisotopic (exact) mass is 770 g/mol. The van der Waals surface area contributed by atoms with Gasteiger partial charge in [-0.25, -0.2) is 0 Å². The summed E-state index contributed by atoms with van der Waals surface area (Å²) >= 11 is 0. The Bertz CT molecular complexity index is 1380. The SMILES string of the molecule is CCCCc1c(CP(=O)(O)O)cc(C(C)(C)C)c(O)c1C(C)(C)C.CCCCc1c(CP(=O)(O)O)cc(C(C)(C)C)c(O)c1C(C)(C)C.[Ni]. The Labute approximate surface area is 307 Å². The predicted octanol–water partition coefficient (Wildman–Crippen LogP) is 10.0. The van der Waals surface area contributed by atoms with E-state index in [0.717, 1.165) is 71.9 Å². The molecule has 0 heterocycles. The number of hydrogen-bond acceptors (Lipinski definition) is 4. The molecule has 0 radical (unpaired) electrons. The first-order valence-corrected chi connectivity index (χ1v) is 20.8. The molecule has 0 aromatic heterocycles. The zero-order valence-electron chi connectivity index (χ0n) is 32.5. The molecule has 0 atom stereocenters. The summed E-state index contributed by atoms with van der Waals surface area (Å²) in [5, 5.41) is 21.9. The minimum Gasteiger partial charge on any atom is -0.507 e. The zero-order valence-corrected chi connectivity index (χ0v) is 35.3. The van der Waals surface area contributed by atoms with Gasteiger partial charge in [-0.3, -0.25) is 9.13 Å². The largest absolute Gasteiger partial charge is 0.507 e. The number of rotatable bonds is 10. The van der Waals surface area contributed by atoms with Gasteiger partial charge in [0.05, 0.1) is 12.3 Å². The van der Waals surface area contributed by atoms with Crippen molar-refractivity contribution in [2.75, 3.05) is 0 Å². The van der Waals surface area contributed by atoms with E-state index in [1.807, 2.05) is 83.1 Å². The normalized spacial score (nSPS) is 13.1. The van der Waals surface area contributed by atoms with Crippen molar-refractivity contribution < 1.29 is 55.4 Å². The van der Waals surface area contributed by atoms with Crippen LogP contribution in [0.5, 0.6) is 11.5 Å². The average Bonchev–Trinajstić information content (AvgIpc) is 2.84. The first kappa shape index (κ1) is 47.8. The summed E-state index contributed by atoms with van der Waals surface area (Å²) < 4.78 is 23.3. The summed E-state index contributed by atoms with van der Waals surface area (Å²) in [5.41, 5.74) is 5.06. The Morgan fingerprint density at radius 2 is 0.796 bits per heavy atom. The summed E-state index contributed by atoms with van der Waals surface area (Å²) in [5.74, 6) is 0.547. The number of hydrogen-bond donors (Lipinski definition) is 6. The minimum absolute atomic E-state index is 0. The summed E-state index contributed by atoms with van der Waals surface area (Å²) in [6.07, 6.45) is 4.70. The molecule has 8 nitrogen and oxygen atoms in total. The summed E-state index contributed by atoms with van der Waals surface area (Å²) in [4.78, 5) is 38.1. The molecule has 0 saturated heterocycles. The molecular weight excluding hydrogens is 705 g/mol. The molecule has 11 heteroatoms. The molecule has 0 saturated carbocycles. The average molecular weight is 772 g/mol. The van der Waals surface area contributed by atoms with Gasteiger partial charge in [-0.1, -0.05) is 122 Å². The van der Waals surface area contributed by atoms with Crippen molar-refractivity contribution in [1.29, 1.82) is 0 Å². The zero-order chi connectivity index (χ0) is 37.8. The van der Waals surface area contributed by atoms with Gasteiger partial charge in [-0.15, -0.1) is 0 Å². The van der Waals surface area contributed by atoms with Crippen LogP contribution in [0.4, 0.5) is 0 Å². The molecule has 2 aromatic rings. The molecule has 2 aromatic carbocycles. The molecule has 286 valence electrons. The molecule has 0 unspecified atom stereocenters. The van der Waals surface area contributed by atoms with Crippen LogP contribution in [0.2, 0.25) is 0 Å². The van der Waals surface area contributed by atoms with Crippen LogP contribution < -0.4 is 0 Å². The third kappa shape index (κ3) is 14.4. The fraction of sp³-hybridized carbons (Fsp3) is 0.684. The van der Waals surface area contributed by atoms with E-state index in [9.17, 15) is 38.9 Å². The Balaban J connectivity index is 0.000000922. The minimum atomic E-state index is -4.19. The summed E-state index contributed by atoms with van der Waals surface area (Å²) in [7, 11) is -8.38. The fourth-order valence-corrected chi connectivity index (χ4v) is 7.75. The van der Waals surface area contributed by atoms with Crippen molar-refractivity contribution >= 4 is 15.2 Å². The smallest absolute Gasteiger partial charge is 0.329 e. The van der Waals surface area contributed by atoms with E-state index in [4.69, 9.17) is 0 Å². The van der Waals surface area contributed by atoms with E-state index in [1.54, 1.807) is 12.1 Å². The van der Waals surface area contributed by atoms with Gasteiger partial charge in [0.1, 0.15) is 11.5 Å². The van der Waals surface area contributed by atoms with Crippen LogP contribution in [0.3, 0.4) is 0 Å². The quantitative estimate of drug-likeness (QED) is 0.103. The first-order valence-electron chi connectivity index (χ1n) is 17.2. The van der Waals surface area contributed by atoms with E-state index < -0.39 is 15.2 Å². The molecular formula is C38H66NiO8P2. The van der Waals surface area contributed by atoms with Crippen LogP contribution in [0, 0.1) is 0 Å². The molecule has 0 aliphatic carbocycles. The molecule has 49 heavy (non-hydrogen) atoms. The van der Waals surface area contributed by atoms with Gasteiger partial charge in [0, 0.05) is 27.6 Å². The standard InChI is InChI=1S/2C19H33O4P.Ni/c2*1-8-9-10-14-13(12-24(21,22)23)11-15(18(2,3)4)17(20)16(14)19(5,6)7;/h2*11,20H,8-10,12H2,1-7H3,(H2,21,22,23);. The van der Waals surface area contributed by atoms with E-state index in [1.165, 1.54) is 0 Å². The van der Waals surface area contributed by atoms with Gasteiger partial charge in [-0.05, 0) is 80.7 Å². The van der Waals surface area contributed by atoms with Crippen LogP contribution in [0.15, 0.2) is 12.1 Å². The van der Waals surface area contributed by atoms with Gasteiger partial charge < -0.3 is 29.8 Å². The van der Waals surface area contributed by atoms with Crippen molar-refractivity contribution in [1.82, 2.24) is 0 Å². The van der Waals surface area contributed by atoms with Crippen molar-refractivity contribution in [2.45, 2.75) is 169 Å². The maximum Gasteiger partial charge on any atom is 0.329 e. The number of benzene rings is 2. The maximum absolute atomic E-state index is 11.7. The van der Waals surface area contributed by atoms with Gasteiger partial charge in [0.15, 0.2) is 0 Å². The van der Waals surface area contributed by atoms with Crippen molar-refractivity contribution in [2.24, 2.45) is 0 Å². The van der Waals surface area contributed by atoms with Crippen LogP contribution in [-0.2, 0) is 72.4 Å². The Morgan fingerprint density at radius 1 is 0.531 bits per heavy atom. The van der Waals surface area contributed by atoms with E-state index in [0.29, 0.717) is 11.1 Å². The molecule has 0 bridgehead atoms. The van der Waals surface area contributed by atoms with Crippen molar-refractivity contribution in [3.63, 3.8) is 0 Å². The second-order valence-electron chi connectivity index (χ2n) is 17.4. The second-order valence-corrected chi connectivity index (χ2v) is 20.7. The van der Waals surface area contributed by atoms with Gasteiger partial charge in [-0.2, -0.15) is 0 Å². The maximum atomic E-state index is 11.7. The second kappa shape index (κ2) is 17.6. The molecule has 0 spiro atoms. The van der Waals surface area contributed by atoms with Gasteiger partial charge in [0.2, 0.25) is 0 Å². The van der Waals surface area contributed by atoms with E-state index >= 15 is 0 Å². The predicted molar refractivity (Wildman–Crippen MR) is 200 cm³/mol. The molecule has 0 fully saturated rings. The third-order valence-corrected chi connectivity index (χ3v) is 9.93. The molecule has 6 N–H and O–H groups in total. The number of phenols is 2. The van der Waals surface area contributed by atoms with Crippen molar-refractivity contribution in [3.05, 3.63) is 56.6 Å². The fourth-order valence-electron chi connectivity index (χ4n) is 6.30. The van der Waals surface area contributed by atoms with Crippen LogP contribution in [-0.4, -0.2) is 29.8 Å². The topological polar surface area (TPSA) is 156 Å². The van der Waals surface area contributed by atoms with Crippen LogP contribution in [0.25, 0.3) is 0 Å². The molecule has 0 amide bonds. The summed E-state index contributed by atoms with van der Waals surface area (Å²) in [6, 6.07) is 3.60. The van der Waals surface area contributed by atoms with Gasteiger partial charge in [0.25, 0.3) is 0 Å². The van der Waals surface area contributed by atoms with Crippen molar-refractivity contribution in [3.8, 4) is 11.5 Å². The number of unbranched alkanes of at least 4 members (excludes halogenated alkanes) is 2. The Kier molecular flexibility index (Phi) is 17.2. The summed E-state index contributed by atoms with van der Waals surface area (Å²) in [6.45, 7) is 28.4. The third-order valence-electron chi connectivity index (χ3n) is 8.43. The van der Waals surface area contributed by atoms with Crippen LogP contribution >= 0.6 is 15.2 Å². The first-order chi connectivity index (χ1) is 21.4. The molecule has 0 aliphatic heterocycles. The Morgan fingerprint density at radius 3 is 0.980 bits per heavy atom. The molecule has 0 aliphatic rings. The van der Waals surface area contributed by atoms with E-state index in [2.05, 4.69) is 13.8 Å². The van der Waals surface area contributed by atoms with E-state index in [-0.39, 0.29) is 62.0 Å².